The molecule has 2 aromatic rings. The van der Waals surface area contributed by atoms with E-state index in [9.17, 15) is 4.79 Å². The molecule has 1 aliphatic rings. The number of hydrogen-bond acceptors (Lipinski definition) is 6. The summed E-state index contributed by atoms with van der Waals surface area (Å²) in [5.41, 5.74) is 0.699. The number of cyclic esters (lactones) is 1. The molecule has 1 fully saturated rings. The van der Waals surface area contributed by atoms with Gasteiger partial charge in [0.25, 0.3) is 0 Å². The van der Waals surface area contributed by atoms with Gasteiger partial charge < -0.3 is 10.6 Å². The molecule has 8 heteroatoms. The van der Waals surface area contributed by atoms with Gasteiger partial charge >= 0.3 is 5.97 Å². The van der Waals surface area contributed by atoms with Crippen LogP contribution in [0.5, 0.6) is 0 Å². The zero-order valence-electron chi connectivity index (χ0n) is 10.3. The number of carbonyl (C=O) groups is 1. The molecule has 0 saturated carbocycles. The van der Waals surface area contributed by atoms with Crippen LogP contribution in [0.15, 0.2) is 29.4 Å². The van der Waals surface area contributed by atoms with Crippen LogP contribution < -0.4 is 5.84 Å². The average molecular weight is 311 g/mol. The highest BCUT2D eigenvalue weighted by Crippen LogP contribution is 2.31. The third-order valence-electron chi connectivity index (χ3n) is 2.91. The van der Waals surface area contributed by atoms with Crippen LogP contribution in [0.4, 0.5) is 0 Å². The van der Waals surface area contributed by atoms with Crippen molar-refractivity contribution < 1.29 is 9.53 Å². The molecule has 0 bridgehead atoms. The van der Waals surface area contributed by atoms with Gasteiger partial charge in [0.1, 0.15) is 5.25 Å². The maximum atomic E-state index is 11.5. The van der Waals surface area contributed by atoms with Gasteiger partial charge in [0.15, 0.2) is 5.82 Å². The molecule has 0 radical (unpaired) electrons. The summed E-state index contributed by atoms with van der Waals surface area (Å²) in [5.74, 6) is 6.21. The molecule has 0 amide bonds. The number of nitrogen functional groups attached to an aromatic ring is 1. The van der Waals surface area contributed by atoms with Gasteiger partial charge in [-0.15, -0.1) is 10.2 Å². The predicted octanol–water partition coefficient (Wildman–Crippen LogP) is 1.72. The first-order valence-electron chi connectivity index (χ1n) is 5.95. The van der Waals surface area contributed by atoms with Gasteiger partial charge in [-0.05, 0) is 12.1 Å². The van der Waals surface area contributed by atoms with E-state index in [0.717, 1.165) is 0 Å². The second-order valence-electron chi connectivity index (χ2n) is 4.22. The number of carbonyl (C=O) groups excluding carboxylic acids is 1. The van der Waals surface area contributed by atoms with Crippen molar-refractivity contribution in [2.75, 3.05) is 12.4 Å². The van der Waals surface area contributed by atoms with Crippen LogP contribution in [-0.2, 0) is 9.53 Å². The van der Waals surface area contributed by atoms with Crippen LogP contribution in [0.1, 0.15) is 6.42 Å². The minimum atomic E-state index is -0.277. The Hall–Kier alpha value is -1.73. The first-order chi connectivity index (χ1) is 9.66. The second-order valence-corrected chi connectivity index (χ2v) is 5.80. The Morgan fingerprint density at radius 1 is 1.40 bits per heavy atom. The highest BCUT2D eigenvalue weighted by Gasteiger charge is 2.30. The molecule has 20 heavy (non-hydrogen) atoms. The molecule has 2 heterocycles. The van der Waals surface area contributed by atoms with Crippen molar-refractivity contribution in [3.63, 3.8) is 0 Å². The summed E-state index contributed by atoms with van der Waals surface area (Å²) >= 11 is 7.37. The van der Waals surface area contributed by atoms with Crippen LogP contribution in [0.25, 0.3) is 11.4 Å². The fourth-order valence-electron chi connectivity index (χ4n) is 1.90. The van der Waals surface area contributed by atoms with E-state index < -0.39 is 0 Å². The van der Waals surface area contributed by atoms with Crippen LogP contribution >= 0.6 is 23.4 Å². The maximum absolute atomic E-state index is 11.5. The van der Waals surface area contributed by atoms with Gasteiger partial charge in [-0.3, -0.25) is 4.79 Å². The summed E-state index contributed by atoms with van der Waals surface area (Å²) in [6.07, 6.45) is 0.651. The van der Waals surface area contributed by atoms with Crippen LogP contribution in [-0.4, -0.2) is 32.7 Å². The third kappa shape index (κ3) is 2.34. The number of thioether (sulfide) groups is 1. The second kappa shape index (κ2) is 5.34. The van der Waals surface area contributed by atoms with E-state index >= 15 is 0 Å². The lowest BCUT2D eigenvalue weighted by Crippen LogP contribution is -2.15. The molecule has 1 aliphatic heterocycles. The molecule has 1 saturated heterocycles. The van der Waals surface area contributed by atoms with Gasteiger partial charge in [-0.2, -0.15) is 0 Å². The topological polar surface area (TPSA) is 83.0 Å². The van der Waals surface area contributed by atoms with Gasteiger partial charge in [0, 0.05) is 12.0 Å². The van der Waals surface area contributed by atoms with E-state index in [-0.39, 0.29) is 11.2 Å². The predicted molar refractivity (Wildman–Crippen MR) is 75.8 cm³/mol. The lowest BCUT2D eigenvalue weighted by atomic mass is 10.2. The molecule has 0 aliphatic carbocycles. The highest BCUT2D eigenvalue weighted by molar-refractivity contribution is 8.00. The van der Waals surface area contributed by atoms with Gasteiger partial charge in [0.2, 0.25) is 5.16 Å². The highest BCUT2D eigenvalue weighted by atomic mass is 35.5. The molecular formula is C12H11ClN4O2S. The summed E-state index contributed by atoms with van der Waals surface area (Å²) in [7, 11) is 0. The number of halogens is 1. The van der Waals surface area contributed by atoms with Crippen molar-refractivity contribution in [3.05, 3.63) is 29.3 Å². The van der Waals surface area contributed by atoms with Crippen molar-refractivity contribution >= 4 is 29.3 Å². The minimum absolute atomic E-state index is 0.239. The van der Waals surface area contributed by atoms with Gasteiger partial charge in [-0.25, -0.2) is 4.68 Å². The first-order valence-corrected chi connectivity index (χ1v) is 7.21. The SMILES string of the molecule is Nn1c(S[C@H]2CCOC2=O)nnc1-c1ccccc1Cl. The summed E-state index contributed by atoms with van der Waals surface area (Å²) in [5, 5.41) is 8.79. The van der Waals surface area contributed by atoms with E-state index in [2.05, 4.69) is 10.2 Å². The number of ether oxygens (including phenoxy) is 1. The fraction of sp³-hybridized carbons (Fsp3) is 0.250. The quantitative estimate of drug-likeness (QED) is 0.686. The summed E-state index contributed by atoms with van der Waals surface area (Å²) < 4.78 is 6.25. The molecule has 1 aromatic carbocycles. The van der Waals surface area contributed by atoms with E-state index in [1.54, 1.807) is 6.07 Å². The molecule has 1 aromatic heterocycles. The van der Waals surface area contributed by atoms with Crippen molar-refractivity contribution in [3.8, 4) is 11.4 Å². The Morgan fingerprint density at radius 3 is 2.90 bits per heavy atom. The Labute approximate surface area is 124 Å². The minimum Gasteiger partial charge on any atom is -0.465 e. The van der Waals surface area contributed by atoms with Crippen molar-refractivity contribution in [1.82, 2.24) is 14.9 Å². The molecule has 0 unspecified atom stereocenters. The largest absolute Gasteiger partial charge is 0.465 e. The lowest BCUT2D eigenvalue weighted by molar-refractivity contribution is -0.137. The molecule has 6 nitrogen and oxygen atoms in total. The van der Waals surface area contributed by atoms with Crippen LogP contribution in [0.3, 0.4) is 0 Å². The van der Waals surface area contributed by atoms with Gasteiger partial charge in [0.05, 0.1) is 11.6 Å². The zero-order valence-corrected chi connectivity index (χ0v) is 11.9. The fourth-order valence-corrected chi connectivity index (χ4v) is 3.04. The molecule has 0 spiro atoms. The number of aromatic nitrogens is 3. The van der Waals surface area contributed by atoms with E-state index in [1.807, 2.05) is 18.2 Å². The summed E-state index contributed by atoms with van der Waals surface area (Å²) in [6.45, 7) is 0.437. The Kier molecular flexibility index (Phi) is 3.54. The summed E-state index contributed by atoms with van der Waals surface area (Å²) in [6, 6.07) is 7.24. The summed E-state index contributed by atoms with van der Waals surface area (Å²) in [4.78, 5) is 11.5. The smallest absolute Gasteiger partial charge is 0.319 e. The molecule has 104 valence electrons. The number of nitrogens with two attached hydrogens (primary N) is 1. The Bertz CT molecular complexity index is 661. The number of esters is 1. The Balaban J connectivity index is 1.89. The zero-order chi connectivity index (χ0) is 14.1. The Morgan fingerprint density at radius 2 is 2.20 bits per heavy atom. The normalized spacial score (nSPS) is 18.2. The van der Waals surface area contributed by atoms with Crippen molar-refractivity contribution in [1.29, 1.82) is 0 Å². The lowest BCUT2D eigenvalue weighted by Gasteiger charge is -2.06. The first kappa shape index (κ1) is 13.3. The molecule has 2 N–H and O–H groups in total. The van der Waals surface area contributed by atoms with Gasteiger partial charge in [-0.1, -0.05) is 35.5 Å². The number of benzene rings is 1. The number of nitrogens with zero attached hydrogens (tertiary/aromatic N) is 3. The number of rotatable bonds is 3. The van der Waals surface area contributed by atoms with E-state index in [0.29, 0.717) is 34.6 Å². The monoisotopic (exact) mass is 310 g/mol. The van der Waals surface area contributed by atoms with Crippen molar-refractivity contribution in [2.24, 2.45) is 0 Å². The van der Waals surface area contributed by atoms with Crippen LogP contribution in [0.2, 0.25) is 5.02 Å². The van der Waals surface area contributed by atoms with E-state index in [4.69, 9.17) is 22.2 Å². The maximum Gasteiger partial charge on any atom is 0.319 e. The third-order valence-corrected chi connectivity index (χ3v) is 4.45. The number of hydrogen-bond donors (Lipinski definition) is 1. The van der Waals surface area contributed by atoms with E-state index in [1.165, 1.54) is 16.4 Å². The molecule has 1 atom stereocenters. The molecular weight excluding hydrogens is 300 g/mol. The standard InChI is InChI=1S/C12H11ClN4O2S/c13-8-4-2-1-3-7(8)10-15-16-12(17(10)14)20-9-5-6-19-11(9)18/h1-4,9H,5-6,14H2/t9-/m0/s1. The average Bonchev–Trinajstić information content (AvgIpc) is 2.99. The van der Waals surface area contributed by atoms with Crippen molar-refractivity contribution in [2.45, 2.75) is 16.8 Å². The molecule has 3 rings (SSSR count). The van der Waals surface area contributed by atoms with Crippen LogP contribution in [0, 0.1) is 0 Å².